The molecule has 0 aliphatic rings. The van der Waals surface area contributed by atoms with Gasteiger partial charge in [0.15, 0.2) is 6.61 Å². The number of carbonyl (C=O) groups is 2. The Balaban J connectivity index is 1.95. The van der Waals surface area contributed by atoms with Crippen LogP contribution in [0.4, 0.5) is 5.69 Å². The van der Waals surface area contributed by atoms with Crippen LogP contribution in [0.3, 0.4) is 0 Å². The van der Waals surface area contributed by atoms with Crippen LogP contribution in [0.15, 0.2) is 48.5 Å². The zero-order valence-electron chi connectivity index (χ0n) is 14.3. The Hall–Kier alpha value is -2.53. The largest absolute Gasteiger partial charge is 0.484 e. The summed E-state index contributed by atoms with van der Waals surface area (Å²) in [7, 11) is 0. The van der Waals surface area contributed by atoms with E-state index in [2.05, 4.69) is 5.32 Å². The van der Waals surface area contributed by atoms with Crippen molar-refractivity contribution in [3.8, 4) is 5.75 Å². The van der Waals surface area contributed by atoms with Crippen LogP contribution in [0.2, 0.25) is 5.02 Å². The lowest BCUT2D eigenvalue weighted by Gasteiger charge is -2.19. The highest BCUT2D eigenvalue weighted by atomic mass is 35.5. The lowest BCUT2D eigenvalue weighted by atomic mass is 10.1. The summed E-state index contributed by atoms with van der Waals surface area (Å²) in [6.45, 7) is 5.01. The Bertz CT molecular complexity index is 728. The van der Waals surface area contributed by atoms with Crippen molar-refractivity contribution in [2.24, 2.45) is 0 Å². The predicted molar refractivity (Wildman–Crippen MR) is 99.3 cm³/mol. The molecule has 2 aromatic carbocycles. The van der Waals surface area contributed by atoms with Crippen LogP contribution < -0.4 is 10.1 Å². The van der Waals surface area contributed by atoms with Gasteiger partial charge in [-0.3, -0.25) is 9.59 Å². The van der Waals surface area contributed by atoms with E-state index in [0.29, 0.717) is 35.1 Å². The number of amides is 2. The van der Waals surface area contributed by atoms with Gasteiger partial charge in [0.2, 0.25) is 0 Å². The van der Waals surface area contributed by atoms with E-state index in [0.717, 1.165) is 0 Å². The normalized spacial score (nSPS) is 10.2. The van der Waals surface area contributed by atoms with Gasteiger partial charge in [-0.2, -0.15) is 0 Å². The molecule has 0 aromatic heterocycles. The van der Waals surface area contributed by atoms with Crippen molar-refractivity contribution >= 4 is 29.1 Å². The third kappa shape index (κ3) is 5.50. The van der Waals surface area contributed by atoms with Crippen LogP contribution >= 0.6 is 11.6 Å². The van der Waals surface area contributed by atoms with Crippen molar-refractivity contribution in [1.29, 1.82) is 0 Å². The van der Waals surface area contributed by atoms with E-state index in [-0.39, 0.29) is 18.4 Å². The second kappa shape index (κ2) is 9.08. The van der Waals surface area contributed by atoms with Crippen LogP contribution in [0.5, 0.6) is 5.75 Å². The maximum absolute atomic E-state index is 12.4. The van der Waals surface area contributed by atoms with Gasteiger partial charge in [-0.05, 0) is 56.3 Å². The summed E-state index contributed by atoms with van der Waals surface area (Å²) in [6, 6.07) is 13.7. The average molecular weight is 361 g/mol. The van der Waals surface area contributed by atoms with Gasteiger partial charge >= 0.3 is 0 Å². The lowest BCUT2D eigenvalue weighted by molar-refractivity contribution is -0.118. The van der Waals surface area contributed by atoms with Crippen molar-refractivity contribution in [3.05, 3.63) is 59.1 Å². The van der Waals surface area contributed by atoms with E-state index in [1.54, 1.807) is 53.4 Å². The van der Waals surface area contributed by atoms with Crippen molar-refractivity contribution in [3.63, 3.8) is 0 Å². The molecule has 0 aliphatic heterocycles. The third-order valence-electron chi connectivity index (χ3n) is 3.63. The molecule has 5 nitrogen and oxygen atoms in total. The van der Waals surface area contributed by atoms with Crippen LogP contribution in [-0.2, 0) is 4.79 Å². The minimum Gasteiger partial charge on any atom is -0.484 e. The van der Waals surface area contributed by atoms with Gasteiger partial charge in [0.1, 0.15) is 5.75 Å². The Morgan fingerprint density at radius 3 is 2.40 bits per heavy atom. The van der Waals surface area contributed by atoms with E-state index in [1.165, 1.54) is 0 Å². The molecular weight excluding hydrogens is 340 g/mol. The molecule has 0 saturated carbocycles. The highest BCUT2D eigenvalue weighted by Crippen LogP contribution is 2.16. The Kier molecular flexibility index (Phi) is 6.83. The molecule has 2 rings (SSSR count). The van der Waals surface area contributed by atoms with Gasteiger partial charge < -0.3 is 15.0 Å². The molecule has 0 radical (unpaired) electrons. The van der Waals surface area contributed by atoms with Crippen LogP contribution in [0, 0.1) is 0 Å². The van der Waals surface area contributed by atoms with Gasteiger partial charge in [-0.1, -0.05) is 17.7 Å². The Morgan fingerprint density at radius 1 is 1.08 bits per heavy atom. The fraction of sp³-hybridized carbons (Fsp3) is 0.263. The molecule has 0 fully saturated rings. The van der Waals surface area contributed by atoms with Crippen molar-refractivity contribution in [2.75, 3.05) is 25.0 Å². The number of hydrogen-bond acceptors (Lipinski definition) is 3. The summed E-state index contributed by atoms with van der Waals surface area (Å²) < 4.78 is 5.40. The maximum atomic E-state index is 12.4. The first-order chi connectivity index (χ1) is 12.0. The molecule has 0 bridgehead atoms. The molecule has 0 saturated heterocycles. The molecule has 1 N–H and O–H groups in total. The minimum absolute atomic E-state index is 0.0569. The molecular formula is C19H21ClN2O3. The van der Waals surface area contributed by atoms with Crippen molar-refractivity contribution in [2.45, 2.75) is 13.8 Å². The Morgan fingerprint density at radius 2 is 1.76 bits per heavy atom. The molecule has 0 spiro atoms. The molecule has 0 atom stereocenters. The highest BCUT2D eigenvalue weighted by Gasteiger charge is 2.13. The number of halogens is 1. The number of anilines is 1. The summed E-state index contributed by atoms with van der Waals surface area (Å²) in [4.78, 5) is 26.1. The van der Waals surface area contributed by atoms with E-state index >= 15 is 0 Å². The number of benzene rings is 2. The molecule has 132 valence electrons. The predicted octanol–water partition coefficient (Wildman–Crippen LogP) is 3.84. The first-order valence-electron chi connectivity index (χ1n) is 8.11. The summed E-state index contributed by atoms with van der Waals surface area (Å²) in [6.07, 6.45) is 0. The van der Waals surface area contributed by atoms with E-state index < -0.39 is 0 Å². The summed E-state index contributed by atoms with van der Waals surface area (Å²) in [5, 5.41) is 3.34. The Labute approximate surface area is 152 Å². The van der Waals surface area contributed by atoms with Gasteiger partial charge in [0.25, 0.3) is 11.8 Å². The number of hydrogen-bond donors (Lipinski definition) is 1. The standard InChI is InChI=1S/C19H21ClN2O3/c1-3-22(4-2)19(24)14-6-5-7-16(12-14)21-18(23)13-25-17-10-8-15(20)9-11-17/h5-12H,3-4,13H2,1-2H3,(H,21,23). The molecule has 25 heavy (non-hydrogen) atoms. The number of rotatable bonds is 7. The van der Waals surface area contributed by atoms with Crippen molar-refractivity contribution in [1.82, 2.24) is 4.90 Å². The number of carbonyl (C=O) groups excluding carboxylic acids is 2. The monoisotopic (exact) mass is 360 g/mol. The topological polar surface area (TPSA) is 58.6 Å². The van der Waals surface area contributed by atoms with Crippen molar-refractivity contribution < 1.29 is 14.3 Å². The smallest absolute Gasteiger partial charge is 0.262 e. The second-order valence-electron chi connectivity index (χ2n) is 5.35. The first kappa shape index (κ1) is 18.8. The number of nitrogens with one attached hydrogen (secondary N) is 1. The summed E-state index contributed by atoms with van der Waals surface area (Å²) in [5.41, 5.74) is 1.10. The first-order valence-corrected chi connectivity index (χ1v) is 8.48. The average Bonchev–Trinajstić information content (AvgIpc) is 2.62. The van der Waals surface area contributed by atoms with Gasteiger partial charge in [0.05, 0.1) is 0 Å². The SMILES string of the molecule is CCN(CC)C(=O)c1cccc(NC(=O)COc2ccc(Cl)cc2)c1. The summed E-state index contributed by atoms with van der Waals surface area (Å²) >= 11 is 5.80. The van der Waals surface area contributed by atoms with E-state index in [4.69, 9.17) is 16.3 Å². The van der Waals surface area contributed by atoms with Gasteiger partial charge in [-0.25, -0.2) is 0 Å². The van der Waals surface area contributed by atoms with Gasteiger partial charge in [-0.15, -0.1) is 0 Å². The fourth-order valence-corrected chi connectivity index (χ4v) is 2.43. The summed E-state index contributed by atoms with van der Waals surface area (Å²) in [5.74, 6) is 0.200. The number of nitrogens with zero attached hydrogens (tertiary/aromatic N) is 1. The second-order valence-corrected chi connectivity index (χ2v) is 5.79. The molecule has 6 heteroatoms. The fourth-order valence-electron chi connectivity index (χ4n) is 2.30. The third-order valence-corrected chi connectivity index (χ3v) is 3.88. The van der Waals surface area contributed by atoms with Crippen LogP contribution in [-0.4, -0.2) is 36.4 Å². The maximum Gasteiger partial charge on any atom is 0.262 e. The van der Waals surface area contributed by atoms with Gasteiger partial charge in [0, 0.05) is 29.4 Å². The molecule has 0 aliphatic carbocycles. The van der Waals surface area contributed by atoms with E-state index in [9.17, 15) is 9.59 Å². The zero-order chi connectivity index (χ0) is 18.2. The highest BCUT2D eigenvalue weighted by molar-refractivity contribution is 6.30. The van der Waals surface area contributed by atoms with E-state index in [1.807, 2.05) is 13.8 Å². The van der Waals surface area contributed by atoms with Crippen LogP contribution in [0.1, 0.15) is 24.2 Å². The molecule has 2 aromatic rings. The quantitative estimate of drug-likeness (QED) is 0.816. The molecule has 2 amide bonds. The number of ether oxygens (including phenoxy) is 1. The molecule has 0 unspecified atom stereocenters. The lowest BCUT2D eigenvalue weighted by Crippen LogP contribution is -2.30. The zero-order valence-corrected chi connectivity index (χ0v) is 15.0. The molecule has 0 heterocycles. The minimum atomic E-state index is -0.303. The van der Waals surface area contributed by atoms with Crippen LogP contribution in [0.25, 0.3) is 0 Å².